The molecule has 1 atom stereocenters. The summed E-state index contributed by atoms with van der Waals surface area (Å²) < 4.78 is 44.0. The standard InChI is InChI=1S/C16H21F3O2/c1-21-15(9-4-2-3-5-10-15)14(20)12-7-6-8-13(11-12)16(17,18)19/h6-8,11,14,20H,2-5,9-10H2,1H3. The first-order valence-corrected chi connectivity index (χ1v) is 7.29. The minimum atomic E-state index is -4.40. The molecule has 2 nitrogen and oxygen atoms in total. The molecule has 0 radical (unpaired) electrons. The Morgan fingerprint density at radius 2 is 1.76 bits per heavy atom. The van der Waals surface area contributed by atoms with Gasteiger partial charge in [0, 0.05) is 7.11 Å². The molecule has 0 spiro atoms. The molecule has 1 aliphatic rings. The van der Waals surface area contributed by atoms with E-state index in [0.29, 0.717) is 12.8 Å². The van der Waals surface area contributed by atoms with Crippen LogP contribution in [0.3, 0.4) is 0 Å². The summed E-state index contributed by atoms with van der Waals surface area (Å²) in [6.07, 6.45) is -0.126. The van der Waals surface area contributed by atoms with E-state index < -0.39 is 23.4 Å². The molecule has 2 rings (SSSR count). The predicted molar refractivity (Wildman–Crippen MR) is 73.8 cm³/mol. The lowest BCUT2D eigenvalue weighted by atomic mass is 9.84. The van der Waals surface area contributed by atoms with E-state index >= 15 is 0 Å². The Morgan fingerprint density at radius 1 is 1.14 bits per heavy atom. The summed E-state index contributed by atoms with van der Waals surface area (Å²) in [7, 11) is 1.53. The van der Waals surface area contributed by atoms with E-state index in [0.717, 1.165) is 37.8 Å². The van der Waals surface area contributed by atoms with Crippen molar-refractivity contribution in [3.8, 4) is 0 Å². The highest BCUT2D eigenvalue weighted by Crippen LogP contribution is 2.41. The van der Waals surface area contributed by atoms with Gasteiger partial charge in [-0.1, -0.05) is 37.8 Å². The van der Waals surface area contributed by atoms with Crippen molar-refractivity contribution in [3.63, 3.8) is 0 Å². The minimum absolute atomic E-state index is 0.272. The summed E-state index contributed by atoms with van der Waals surface area (Å²) in [6, 6.07) is 4.91. The van der Waals surface area contributed by atoms with E-state index in [1.807, 2.05) is 0 Å². The third kappa shape index (κ3) is 3.58. The van der Waals surface area contributed by atoms with Gasteiger partial charge in [0.25, 0.3) is 0 Å². The smallest absolute Gasteiger partial charge is 0.385 e. The fourth-order valence-electron chi connectivity index (χ4n) is 3.11. The summed E-state index contributed by atoms with van der Waals surface area (Å²) in [4.78, 5) is 0. The number of ether oxygens (including phenoxy) is 1. The molecule has 118 valence electrons. The van der Waals surface area contributed by atoms with Crippen LogP contribution in [0.4, 0.5) is 13.2 Å². The third-order valence-electron chi connectivity index (χ3n) is 4.38. The van der Waals surface area contributed by atoms with Crippen LogP contribution in [0.1, 0.15) is 55.8 Å². The zero-order valence-corrected chi connectivity index (χ0v) is 12.1. The van der Waals surface area contributed by atoms with Crippen LogP contribution in [0.2, 0.25) is 0 Å². The van der Waals surface area contributed by atoms with Gasteiger partial charge in [0.15, 0.2) is 0 Å². The largest absolute Gasteiger partial charge is 0.416 e. The highest BCUT2D eigenvalue weighted by atomic mass is 19.4. The van der Waals surface area contributed by atoms with Gasteiger partial charge in [0.05, 0.1) is 11.2 Å². The van der Waals surface area contributed by atoms with Gasteiger partial charge in [0.2, 0.25) is 0 Å². The molecule has 5 heteroatoms. The molecule has 1 unspecified atom stereocenters. The van der Waals surface area contributed by atoms with E-state index in [9.17, 15) is 18.3 Å². The van der Waals surface area contributed by atoms with Crippen LogP contribution >= 0.6 is 0 Å². The van der Waals surface area contributed by atoms with Crippen LogP contribution in [0.5, 0.6) is 0 Å². The van der Waals surface area contributed by atoms with Crippen molar-refractivity contribution in [2.75, 3.05) is 7.11 Å². The maximum Gasteiger partial charge on any atom is 0.416 e. The molecule has 0 heterocycles. The lowest BCUT2D eigenvalue weighted by molar-refractivity contribution is -0.138. The van der Waals surface area contributed by atoms with Gasteiger partial charge in [0.1, 0.15) is 6.10 Å². The fraction of sp³-hybridized carbons (Fsp3) is 0.625. The van der Waals surface area contributed by atoms with E-state index in [2.05, 4.69) is 0 Å². The summed E-state index contributed by atoms with van der Waals surface area (Å²) in [5, 5.41) is 10.6. The molecular formula is C16H21F3O2. The number of hydrogen-bond donors (Lipinski definition) is 1. The Morgan fingerprint density at radius 3 is 2.29 bits per heavy atom. The SMILES string of the molecule is COC1(C(O)c2cccc(C(F)(F)F)c2)CCCCCC1. The topological polar surface area (TPSA) is 29.5 Å². The molecule has 0 amide bonds. The first-order chi connectivity index (χ1) is 9.89. The Kier molecular flexibility index (Phi) is 4.94. The third-order valence-corrected chi connectivity index (χ3v) is 4.38. The second-order valence-corrected chi connectivity index (χ2v) is 5.71. The molecule has 1 saturated carbocycles. The number of halogens is 3. The Bertz CT molecular complexity index is 463. The average molecular weight is 302 g/mol. The molecule has 0 aliphatic heterocycles. The molecule has 1 fully saturated rings. The number of benzene rings is 1. The van der Waals surface area contributed by atoms with E-state index in [1.165, 1.54) is 19.2 Å². The molecule has 1 aliphatic carbocycles. The number of hydrogen-bond acceptors (Lipinski definition) is 2. The number of aliphatic hydroxyl groups excluding tert-OH is 1. The lowest BCUT2D eigenvalue weighted by Gasteiger charge is -2.36. The highest BCUT2D eigenvalue weighted by Gasteiger charge is 2.40. The van der Waals surface area contributed by atoms with Crippen molar-refractivity contribution < 1.29 is 23.0 Å². The van der Waals surface area contributed by atoms with Gasteiger partial charge >= 0.3 is 6.18 Å². The van der Waals surface area contributed by atoms with Crippen molar-refractivity contribution in [3.05, 3.63) is 35.4 Å². The van der Waals surface area contributed by atoms with Crippen LogP contribution in [0, 0.1) is 0 Å². The van der Waals surface area contributed by atoms with E-state index in [4.69, 9.17) is 4.74 Å². The van der Waals surface area contributed by atoms with Crippen molar-refractivity contribution in [1.82, 2.24) is 0 Å². The molecular weight excluding hydrogens is 281 g/mol. The maximum atomic E-state index is 12.8. The van der Waals surface area contributed by atoms with Crippen LogP contribution in [0.15, 0.2) is 24.3 Å². The summed E-state index contributed by atoms with van der Waals surface area (Å²) in [5.74, 6) is 0. The highest BCUT2D eigenvalue weighted by molar-refractivity contribution is 5.29. The zero-order valence-electron chi connectivity index (χ0n) is 12.1. The lowest BCUT2D eigenvalue weighted by Crippen LogP contribution is -2.38. The molecule has 1 aromatic rings. The number of aliphatic hydroxyl groups is 1. The Labute approximate surface area is 122 Å². The maximum absolute atomic E-state index is 12.8. The molecule has 0 bridgehead atoms. The van der Waals surface area contributed by atoms with E-state index in [1.54, 1.807) is 0 Å². The van der Waals surface area contributed by atoms with Crippen LogP contribution in [-0.4, -0.2) is 17.8 Å². The Hall–Kier alpha value is -1.07. The predicted octanol–water partition coefficient (Wildman–Crippen LogP) is 4.48. The summed E-state index contributed by atoms with van der Waals surface area (Å²) >= 11 is 0. The molecule has 1 aromatic carbocycles. The molecule has 0 saturated heterocycles. The van der Waals surface area contributed by atoms with Gasteiger partial charge in [-0.2, -0.15) is 13.2 Å². The normalized spacial score (nSPS) is 20.8. The van der Waals surface area contributed by atoms with Crippen LogP contribution < -0.4 is 0 Å². The summed E-state index contributed by atoms with van der Waals surface area (Å²) in [6.45, 7) is 0. The monoisotopic (exact) mass is 302 g/mol. The van der Waals surface area contributed by atoms with Gasteiger partial charge in [-0.25, -0.2) is 0 Å². The summed E-state index contributed by atoms with van der Waals surface area (Å²) in [5.41, 5.74) is -1.24. The van der Waals surface area contributed by atoms with Crippen molar-refractivity contribution >= 4 is 0 Å². The Balaban J connectivity index is 2.31. The molecule has 1 N–H and O–H groups in total. The first-order valence-electron chi connectivity index (χ1n) is 7.29. The number of alkyl halides is 3. The second-order valence-electron chi connectivity index (χ2n) is 5.71. The van der Waals surface area contributed by atoms with Gasteiger partial charge in [-0.3, -0.25) is 0 Å². The van der Waals surface area contributed by atoms with Crippen molar-refractivity contribution in [1.29, 1.82) is 0 Å². The van der Waals surface area contributed by atoms with Crippen LogP contribution in [-0.2, 0) is 10.9 Å². The van der Waals surface area contributed by atoms with Crippen molar-refractivity contribution in [2.45, 2.75) is 56.4 Å². The number of methoxy groups -OCH3 is 1. The van der Waals surface area contributed by atoms with Gasteiger partial charge in [-0.15, -0.1) is 0 Å². The van der Waals surface area contributed by atoms with E-state index in [-0.39, 0.29) is 5.56 Å². The first kappa shape index (κ1) is 16.3. The molecule has 0 aromatic heterocycles. The second kappa shape index (κ2) is 6.36. The number of rotatable bonds is 3. The van der Waals surface area contributed by atoms with Gasteiger partial charge < -0.3 is 9.84 Å². The average Bonchev–Trinajstić information content (AvgIpc) is 2.72. The quantitative estimate of drug-likeness (QED) is 0.834. The minimum Gasteiger partial charge on any atom is -0.385 e. The molecule has 21 heavy (non-hydrogen) atoms. The van der Waals surface area contributed by atoms with Gasteiger partial charge in [-0.05, 0) is 30.5 Å². The zero-order chi connectivity index (χ0) is 15.5. The fourth-order valence-corrected chi connectivity index (χ4v) is 3.11. The van der Waals surface area contributed by atoms with Crippen LogP contribution in [0.25, 0.3) is 0 Å². The van der Waals surface area contributed by atoms with Crippen molar-refractivity contribution in [2.24, 2.45) is 0 Å².